The zero-order valence-corrected chi connectivity index (χ0v) is 18.9. The average Bonchev–Trinajstić information content (AvgIpc) is 3.20. The summed E-state index contributed by atoms with van der Waals surface area (Å²) in [6.07, 6.45) is 8.13. The molecular formula is C19H16N8OS3. The van der Waals surface area contributed by atoms with Crippen LogP contribution in [0.3, 0.4) is 0 Å². The highest BCUT2D eigenvalue weighted by Gasteiger charge is 2.19. The lowest BCUT2D eigenvalue weighted by atomic mass is 10.4. The number of nitrogens with zero attached hydrogens (tertiary/aromatic N) is 6. The van der Waals surface area contributed by atoms with Crippen LogP contribution < -0.4 is 5.32 Å². The van der Waals surface area contributed by atoms with Gasteiger partial charge in [0.2, 0.25) is 5.16 Å². The molecule has 3 heterocycles. The minimum Gasteiger partial charge on any atom is -0.304 e. The predicted octanol–water partition coefficient (Wildman–Crippen LogP) is 3.97. The molecule has 4 rings (SSSR count). The van der Waals surface area contributed by atoms with Crippen LogP contribution in [0, 0.1) is 6.92 Å². The summed E-state index contributed by atoms with van der Waals surface area (Å²) in [5.74, 6) is 0.596. The fourth-order valence-corrected chi connectivity index (χ4v) is 4.34. The van der Waals surface area contributed by atoms with Gasteiger partial charge in [-0.25, -0.2) is 19.9 Å². The number of H-pyrrole nitrogens is 1. The highest BCUT2D eigenvalue weighted by atomic mass is 32.2. The Morgan fingerprint density at radius 2 is 1.81 bits per heavy atom. The van der Waals surface area contributed by atoms with Gasteiger partial charge in [-0.2, -0.15) is 0 Å². The number of rotatable bonds is 7. The maximum Gasteiger partial charge on any atom is 0.278 e. The van der Waals surface area contributed by atoms with Gasteiger partial charge in [0.1, 0.15) is 15.9 Å². The van der Waals surface area contributed by atoms with Gasteiger partial charge in [-0.05, 0) is 49.2 Å². The summed E-state index contributed by atoms with van der Waals surface area (Å²) in [6.45, 7) is 1.81. The number of hydrogen-bond acceptors (Lipinski definition) is 10. The van der Waals surface area contributed by atoms with Gasteiger partial charge in [-0.1, -0.05) is 11.8 Å². The van der Waals surface area contributed by atoms with Crippen LogP contribution in [0.2, 0.25) is 0 Å². The second-order valence-electron chi connectivity index (χ2n) is 5.99. The summed E-state index contributed by atoms with van der Waals surface area (Å²) in [7, 11) is 0. The number of benzene rings is 1. The number of amides is 1. The van der Waals surface area contributed by atoms with Crippen molar-refractivity contribution in [3.8, 4) is 0 Å². The second kappa shape index (κ2) is 9.90. The first-order valence-electron chi connectivity index (χ1n) is 8.94. The number of hydrogen-bond donors (Lipinski definition) is 2. The molecule has 0 radical (unpaired) electrons. The molecule has 2 N–H and O–H groups in total. The van der Waals surface area contributed by atoms with Crippen molar-refractivity contribution in [2.24, 2.45) is 0 Å². The highest BCUT2D eigenvalue weighted by Crippen LogP contribution is 2.32. The minimum absolute atomic E-state index is 0.182. The molecule has 31 heavy (non-hydrogen) atoms. The molecule has 9 nitrogen and oxygen atoms in total. The van der Waals surface area contributed by atoms with Crippen LogP contribution in [-0.2, 0) is 0 Å². The molecule has 156 valence electrons. The fraction of sp³-hybridized carbons (Fsp3) is 0.105. The molecule has 0 atom stereocenters. The van der Waals surface area contributed by atoms with E-state index >= 15 is 0 Å². The first-order valence-corrected chi connectivity index (χ1v) is 11.8. The van der Waals surface area contributed by atoms with E-state index in [-0.39, 0.29) is 5.69 Å². The van der Waals surface area contributed by atoms with E-state index in [2.05, 4.69) is 40.4 Å². The van der Waals surface area contributed by atoms with Crippen molar-refractivity contribution in [1.29, 1.82) is 0 Å². The van der Waals surface area contributed by atoms with Crippen molar-refractivity contribution in [3.63, 3.8) is 0 Å². The number of thioether (sulfide) groups is 1. The smallest absolute Gasteiger partial charge is 0.278 e. The summed E-state index contributed by atoms with van der Waals surface area (Å²) in [5.41, 5.74) is 0.182. The third-order valence-corrected chi connectivity index (χ3v) is 6.30. The summed E-state index contributed by atoms with van der Waals surface area (Å²) < 4.78 is 0. The third kappa shape index (κ3) is 5.60. The number of carbonyl (C=O) groups excluding carboxylic acids is 1. The Labute approximate surface area is 190 Å². The Hall–Kier alpha value is -2.96. The Bertz CT molecular complexity index is 1180. The topological polar surface area (TPSA) is 122 Å². The lowest BCUT2D eigenvalue weighted by Crippen LogP contribution is -2.17. The normalized spacial score (nSPS) is 10.8. The molecule has 0 bridgehead atoms. The standard InChI is InChI=1S/C19H16N8OS3/c1-11-23-19(27-26-11)31-15-10-22-18(30-13-5-3-12(29-2)4-6-13)16(25-15)17(28)24-14-9-20-7-8-21-14/h3-10H,1-2H3,(H,21,24,28)(H,23,26,27). The van der Waals surface area contributed by atoms with Crippen molar-refractivity contribution in [2.45, 2.75) is 31.9 Å². The monoisotopic (exact) mass is 468 g/mol. The molecule has 1 amide bonds. The van der Waals surface area contributed by atoms with E-state index in [9.17, 15) is 4.79 Å². The van der Waals surface area contributed by atoms with E-state index in [0.29, 0.717) is 26.9 Å². The van der Waals surface area contributed by atoms with E-state index in [0.717, 1.165) is 9.79 Å². The van der Waals surface area contributed by atoms with Crippen LogP contribution in [0.15, 0.2) is 74.1 Å². The summed E-state index contributed by atoms with van der Waals surface area (Å²) >= 11 is 4.25. The number of nitrogens with one attached hydrogen (secondary N) is 2. The molecule has 0 aliphatic carbocycles. The van der Waals surface area contributed by atoms with E-state index in [4.69, 9.17) is 0 Å². The quantitative estimate of drug-likeness (QED) is 0.385. The second-order valence-corrected chi connectivity index (χ2v) is 8.92. The van der Waals surface area contributed by atoms with Gasteiger partial charge >= 0.3 is 0 Å². The number of aryl methyl sites for hydroxylation is 1. The van der Waals surface area contributed by atoms with Crippen LogP contribution in [-0.4, -0.2) is 47.3 Å². The van der Waals surface area contributed by atoms with Gasteiger partial charge < -0.3 is 5.32 Å². The Morgan fingerprint density at radius 3 is 2.48 bits per heavy atom. The largest absolute Gasteiger partial charge is 0.304 e. The van der Waals surface area contributed by atoms with Crippen LogP contribution in [0.5, 0.6) is 0 Å². The van der Waals surface area contributed by atoms with Gasteiger partial charge in [0.05, 0.1) is 12.4 Å². The maximum atomic E-state index is 13.0. The lowest BCUT2D eigenvalue weighted by Gasteiger charge is -2.09. The molecule has 1 aromatic carbocycles. The Balaban J connectivity index is 1.63. The number of aromatic amines is 1. The molecule has 4 aromatic rings. The zero-order chi connectivity index (χ0) is 21.6. The SMILES string of the molecule is CSc1ccc(Sc2ncc(Sc3n[nH]c(C)n3)nc2C(=O)Nc2cnccn2)cc1. The van der Waals surface area contributed by atoms with E-state index in [1.807, 2.05) is 37.4 Å². The van der Waals surface area contributed by atoms with Gasteiger partial charge in [-0.15, -0.1) is 16.9 Å². The Morgan fingerprint density at radius 1 is 1.00 bits per heavy atom. The fourth-order valence-electron chi connectivity index (χ4n) is 2.39. The molecule has 3 aromatic heterocycles. The number of anilines is 1. The van der Waals surface area contributed by atoms with Crippen LogP contribution in [0.4, 0.5) is 5.82 Å². The van der Waals surface area contributed by atoms with E-state index < -0.39 is 5.91 Å². The van der Waals surface area contributed by atoms with Gasteiger partial charge in [0.15, 0.2) is 11.5 Å². The summed E-state index contributed by atoms with van der Waals surface area (Å²) in [5, 5.41) is 11.1. The Kier molecular flexibility index (Phi) is 6.79. The highest BCUT2D eigenvalue weighted by molar-refractivity contribution is 7.99. The molecule has 0 unspecified atom stereocenters. The first kappa shape index (κ1) is 21.3. The third-order valence-electron chi connectivity index (χ3n) is 3.78. The molecule has 0 aliphatic rings. The van der Waals surface area contributed by atoms with Crippen LogP contribution in [0.1, 0.15) is 16.3 Å². The zero-order valence-electron chi connectivity index (χ0n) is 16.4. The van der Waals surface area contributed by atoms with E-state index in [1.165, 1.54) is 42.1 Å². The molecule has 0 fully saturated rings. The summed E-state index contributed by atoms with van der Waals surface area (Å²) in [6, 6.07) is 8.02. The lowest BCUT2D eigenvalue weighted by molar-refractivity contribution is 0.101. The molecule has 0 aliphatic heterocycles. The minimum atomic E-state index is -0.426. The molecule has 0 spiro atoms. The molecule has 0 saturated heterocycles. The molecular weight excluding hydrogens is 452 g/mol. The van der Waals surface area contributed by atoms with Crippen molar-refractivity contribution >= 4 is 47.0 Å². The van der Waals surface area contributed by atoms with Crippen LogP contribution >= 0.6 is 35.3 Å². The van der Waals surface area contributed by atoms with Gasteiger partial charge in [0.25, 0.3) is 5.91 Å². The van der Waals surface area contributed by atoms with Crippen molar-refractivity contribution in [1.82, 2.24) is 35.1 Å². The van der Waals surface area contributed by atoms with Crippen molar-refractivity contribution in [2.75, 3.05) is 11.6 Å². The number of carbonyl (C=O) groups is 1. The molecule has 12 heteroatoms. The van der Waals surface area contributed by atoms with Gasteiger partial charge in [-0.3, -0.25) is 14.9 Å². The van der Waals surface area contributed by atoms with Gasteiger partial charge in [0, 0.05) is 22.2 Å². The number of aromatic nitrogens is 7. The predicted molar refractivity (Wildman–Crippen MR) is 120 cm³/mol. The van der Waals surface area contributed by atoms with Crippen molar-refractivity contribution < 1.29 is 4.79 Å². The first-order chi connectivity index (χ1) is 15.1. The average molecular weight is 469 g/mol. The van der Waals surface area contributed by atoms with E-state index in [1.54, 1.807) is 18.0 Å². The van der Waals surface area contributed by atoms with Crippen LogP contribution in [0.25, 0.3) is 0 Å². The summed E-state index contributed by atoms with van der Waals surface area (Å²) in [4.78, 5) is 36.4. The molecule has 0 saturated carbocycles. The maximum absolute atomic E-state index is 13.0. The van der Waals surface area contributed by atoms with Crippen molar-refractivity contribution in [3.05, 3.63) is 60.6 Å².